The van der Waals surface area contributed by atoms with Gasteiger partial charge >= 0.3 is 12.0 Å². The Labute approximate surface area is 121 Å². The van der Waals surface area contributed by atoms with E-state index in [1.54, 1.807) is 11.8 Å². The molecular weight excluding hydrogens is 278 g/mol. The van der Waals surface area contributed by atoms with Crippen LogP contribution in [0.5, 0.6) is 0 Å². The molecule has 0 radical (unpaired) electrons. The molecule has 2 N–H and O–H groups in total. The van der Waals surface area contributed by atoms with Crippen molar-refractivity contribution in [1.29, 1.82) is 0 Å². The number of carbonyl (C=O) groups is 2. The van der Waals surface area contributed by atoms with Crippen molar-refractivity contribution in [3.05, 3.63) is 11.1 Å². The summed E-state index contributed by atoms with van der Waals surface area (Å²) in [4.78, 5) is 28.7. The van der Waals surface area contributed by atoms with Crippen LogP contribution in [-0.4, -0.2) is 40.1 Å². The van der Waals surface area contributed by atoms with Gasteiger partial charge in [-0.3, -0.25) is 10.1 Å². The minimum Gasteiger partial charge on any atom is -0.481 e. The van der Waals surface area contributed by atoms with Gasteiger partial charge in [-0.15, -0.1) is 11.3 Å². The summed E-state index contributed by atoms with van der Waals surface area (Å²) in [6.45, 7) is 6.75. The van der Waals surface area contributed by atoms with Gasteiger partial charge in [-0.1, -0.05) is 20.8 Å². The molecule has 1 aromatic heterocycles. The molecule has 20 heavy (non-hydrogen) atoms. The molecule has 1 aliphatic rings. The van der Waals surface area contributed by atoms with Gasteiger partial charge in [0, 0.05) is 24.4 Å². The molecule has 6 nitrogen and oxygen atoms in total. The summed E-state index contributed by atoms with van der Waals surface area (Å²) in [6, 6.07) is -0.205. The quantitative estimate of drug-likeness (QED) is 0.894. The van der Waals surface area contributed by atoms with E-state index in [0.29, 0.717) is 24.1 Å². The van der Waals surface area contributed by atoms with E-state index in [-0.39, 0.29) is 11.9 Å². The maximum atomic E-state index is 11.9. The zero-order valence-corrected chi connectivity index (χ0v) is 12.6. The van der Waals surface area contributed by atoms with E-state index in [4.69, 9.17) is 5.11 Å². The highest BCUT2D eigenvalue weighted by molar-refractivity contribution is 7.13. The number of hydrogen-bond donors (Lipinski definition) is 2. The van der Waals surface area contributed by atoms with Crippen molar-refractivity contribution in [1.82, 2.24) is 9.88 Å². The van der Waals surface area contributed by atoms with E-state index in [0.717, 1.165) is 5.69 Å². The van der Waals surface area contributed by atoms with Crippen LogP contribution >= 0.6 is 11.3 Å². The predicted octanol–water partition coefficient (Wildman–Crippen LogP) is 2.45. The first-order chi connectivity index (χ1) is 9.38. The highest BCUT2D eigenvalue weighted by atomic mass is 32.1. The number of carboxylic acid groups (broad SMARTS) is 1. The summed E-state index contributed by atoms with van der Waals surface area (Å²) in [5.41, 5.74) is 0.964. The molecule has 0 aliphatic carbocycles. The number of thiazole rings is 1. The fraction of sp³-hybridized carbons (Fsp3) is 0.615. The smallest absolute Gasteiger partial charge is 0.323 e. The van der Waals surface area contributed by atoms with Crippen LogP contribution in [0.4, 0.5) is 9.93 Å². The van der Waals surface area contributed by atoms with E-state index in [1.165, 1.54) is 11.3 Å². The first-order valence-electron chi connectivity index (χ1n) is 6.62. The van der Waals surface area contributed by atoms with Gasteiger partial charge in [0.1, 0.15) is 0 Å². The molecule has 7 heteroatoms. The van der Waals surface area contributed by atoms with Crippen molar-refractivity contribution in [2.24, 2.45) is 11.8 Å². The molecule has 0 spiro atoms. The van der Waals surface area contributed by atoms with Crippen molar-refractivity contribution < 1.29 is 14.7 Å². The van der Waals surface area contributed by atoms with Gasteiger partial charge in [-0.05, 0) is 5.92 Å². The Balaban J connectivity index is 1.83. The lowest BCUT2D eigenvalue weighted by molar-refractivity contribution is -0.144. The number of amides is 2. The fourth-order valence-corrected chi connectivity index (χ4v) is 2.84. The van der Waals surface area contributed by atoms with Crippen LogP contribution in [0.3, 0.4) is 0 Å². The Morgan fingerprint density at radius 1 is 1.45 bits per heavy atom. The minimum atomic E-state index is -0.809. The Hall–Kier alpha value is -1.63. The van der Waals surface area contributed by atoms with Gasteiger partial charge in [0.15, 0.2) is 5.13 Å². The van der Waals surface area contributed by atoms with E-state index in [1.807, 2.05) is 19.2 Å². The average molecular weight is 297 g/mol. The van der Waals surface area contributed by atoms with E-state index in [9.17, 15) is 9.59 Å². The van der Waals surface area contributed by atoms with Gasteiger partial charge in [-0.2, -0.15) is 0 Å². The number of carboxylic acids is 1. The number of carbonyl (C=O) groups excluding carboxylic acids is 1. The molecule has 0 saturated carbocycles. The Kier molecular flexibility index (Phi) is 4.27. The van der Waals surface area contributed by atoms with Crippen LogP contribution < -0.4 is 5.32 Å². The monoisotopic (exact) mass is 297 g/mol. The Bertz CT molecular complexity index is 509. The first-order valence-corrected chi connectivity index (χ1v) is 7.50. The lowest BCUT2D eigenvalue weighted by Crippen LogP contribution is -2.54. The van der Waals surface area contributed by atoms with Gasteiger partial charge in [0.2, 0.25) is 0 Å². The maximum absolute atomic E-state index is 11.9. The number of urea groups is 1. The molecule has 1 saturated heterocycles. The molecule has 2 rings (SSSR count). The van der Waals surface area contributed by atoms with Crippen molar-refractivity contribution >= 4 is 28.5 Å². The van der Waals surface area contributed by atoms with Gasteiger partial charge in [0.25, 0.3) is 0 Å². The molecule has 2 heterocycles. The molecule has 2 amide bonds. The highest BCUT2D eigenvalue weighted by Crippen LogP contribution is 2.26. The number of nitrogens with zero attached hydrogens (tertiary/aromatic N) is 2. The van der Waals surface area contributed by atoms with Crippen molar-refractivity contribution in [3.63, 3.8) is 0 Å². The second-order valence-electron chi connectivity index (χ2n) is 5.45. The summed E-state index contributed by atoms with van der Waals surface area (Å²) in [5.74, 6) is -0.842. The Morgan fingerprint density at radius 2 is 2.10 bits per heavy atom. The number of hydrogen-bond acceptors (Lipinski definition) is 4. The summed E-state index contributed by atoms with van der Waals surface area (Å²) < 4.78 is 0. The fourth-order valence-electron chi connectivity index (χ4n) is 1.98. The third kappa shape index (κ3) is 3.09. The standard InChI is InChI=1S/C13H19N3O3S/c1-7(2)10-6-20-12(14-10)15-13(19)16-4-9(5-16)8(3)11(17)18/h6-9H,4-5H2,1-3H3,(H,17,18)(H,14,15,19). The molecule has 1 aromatic rings. The molecule has 0 aromatic carbocycles. The van der Waals surface area contributed by atoms with Crippen LogP contribution in [0, 0.1) is 11.8 Å². The first kappa shape index (κ1) is 14.8. The third-order valence-electron chi connectivity index (χ3n) is 3.62. The van der Waals surface area contributed by atoms with E-state index >= 15 is 0 Å². The molecule has 110 valence electrons. The van der Waals surface area contributed by atoms with Gasteiger partial charge in [0.05, 0.1) is 11.6 Å². The lowest BCUT2D eigenvalue weighted by Gasteiger charge is -2.40. The largest absolute Gasteiger partial charge is 0.481 e. The van der Waals surface area contributed by atoms with Crippen LogP contribution in [0.1, 0.15) is 32.4 Å². The van der Waals surface area contributed by atoms with Crippen LogP contribution in [-0.2, 0) is 4.79 Å². The van der Waals surface area contributed by atoms with Crippen molar-refractivity contribution in [2.75, 3.05) is 18.4 Å². The molecule has 1 atom stereocenters. The zero-order chi connectivity index (χ0) is 14.9. The topological polar surface area (TPSA) is 82.5 Å². The van der Waals surface area contributed by atoms with E-state index in [2.05, 4.69) is 10.3 Å². The molecule has 1 fully saturated rings. The molecule has 0 bridgehead atoms. The van der Waals surface area contributed by atoms with Crippen LogP contribution in [0.15, 0.2) is 5.38 Å². The number of nitrogens with one attached hydrogen (secondary N) is 1. The number of rotatable bonds is 4. The Morgan fingerprint density at radius 3 is 2.60 bits per heavy atom. The molecule has 1 unspecified atom stereocenters. The normalized spacial score (nSPS) is 16.9. The predicted molar refractivity (Wildman–Crippen MR) is 77.1 cm³/mol. The van der Waals surface area contributed by atoms with Crippen LogP contribution in [0.25, 0.3) is 0 Å². The highest BCUT2D eigenvalue weighted by Gasteiger charge is 2.37. The summed E-state index contributed by atoms with van der Waals surface area (Å²) in [7, 11) is 0. The van der Waals surface area contributed by atoms with Crippen molar-refractivity contribution in [3.8, 4) is 0 Å². The molecular formula is C13H19N3O3S. The number of aliphatic carboxylic acids is 1. The third-order valence-corrected chi connectivity index (χ3v) is 4.40. The lowest BCUT2D eigenvalue weighted by atomic mass is 9.87. The van der Waals surface area contributed by atoms with Crippen molar-refractivity contribution in [2.45, 2.75) is 26.7 Å². The van der Waals surface area contributed by atoms with Crippen LogP contribution in [0.2, 0.25) is 0 Å². The zero-order valence-electron chi connectivity index (χ0n) is 11.8. The van der Waals surface area contributed by atoms with E-state index < -0.39 is 11.9 Å². The second-order valence-corrected chi connectivity index (χ2v) is 6.31. The van der Waals surface area contributed by atoms with Gasteiger partial charge in [-0.25, -0.2) is 9.78 Å². The number of anilines is 1. The van der Waals surface area contributed by atoms with Gasteiger partial charge < -0.3 is 10.0 Å². The SMILES string of the molecule is CC(C)c1csc(NC(=O)N2CC(C(C)C(=O)O)C2)n1. The maximum Gasteiger partial charge on any atom is 0.323 e. The summed E-state index contributed by atoms with van der Waals surface area (Å²) >= 11 is 1.41. The number of aromatic nitrogens is 1. The summed E-state index contributed by atoms with van der Waals surface area (Å²) in [5, 5.41) is 14.2. The summed E-state index contributed by atoms with van der Waals surface area (Å²) in [6.07, 6.45) is 0. The average Bonchev–Trinajstić information content (AvgIpc) is 2.75. The second kappa shape index (κ2) is 5.78. The molecule has 1 aliphatic heterocycles. The number of likely N-dealkylation sites (tertiary alicyclic amines) is 1. The minimum absolute atomic E-state index is 0.0424.